The molecule has 3 aromatic rings. The summed E-state index contributed by atoms with van der Waals surface area (Å²) in [5.74, 6) is 0.0119. The van der Waals surface area contributed by atoms with E-state index in [-0.39, 0.29) is 4.90 Å². The van der Waals surface area contributed by atoms with E-state index in [1.54, 1.807) is 0 Å². The van der Waals surface area contributed by atoms with Crippen LogP contribution in [0.1, 0.15) is 41.7 Å². The maximum Gasteiger partial charge on any atom is 0.243 e. The molecule has 1 aliphatic rings. The summed E-state index contributed by atoms with van der Waals surface area (Å²) in [5, 5.41) is 3.21. The highest BCUT2D eigenvalue weighted by molar-refractivity contribution is 7.89. The molecule has 1 aromatic carbocycles. The van der Waals surface area contributed by atoms with Gasteiger partial charge in [-0.25, -0.2) is 22.8 Å². The van der Waals surface area contributed by atoms with Gasteiger partial charge in [-0.3, -0.25) is 4.98 Å². The molecule has 9 heteroatoms. The Morgan fingerprint density at radius 1 is 0.968 bits per heavy atom. The quantitative estimate of drug-likeness (QED) is 0.638. The highest BCUT2D eigenvalue weighted by Gasteiger charge is 2.37. The average molecular weight is 442 g/mol. The summed E-state index contributed by atoms with van der Waals surface area (Å²) in [4.78, 5) is 13.5. The van der Waals surface area contributed by atoms with Crippen LogP contribution >= 0.6 is 0 Å². The molecule has 2 aromatic heterocycles. The molecule has 1 saturated heterocycles. The summed E-state index contributed by atoms with van der Waals surface area (Å²) >= 11 is 0. The van der Waals surface area contributed by atoms with Gasteiger partial charge >= 0.3 is 0 Å². The predicted molar refractivity (Wildman–Crippen MR) is 116 cm³/mol. The standard InChI is InChI=1S/C22H24FN5O2S/c1-14-11-15(2)26-22(25-14)27-18-12-16(3)24-20(13-18)21-5-4-10-28(21)31(29,30)19-8-6-17(23)7-9-19/h6-9,11-13,21H,4-5,10H2,1-3H3,(H,24,25,26,27). The Labute approximate surface area is 181 Å². The number of aromatic nitrogens is 3. The fourth-order valence-corrected chi connectivity index (χ4v) is 5.58. The third kappa shape index (κ3) is 4.57. The lowest BCUT2D eigenvalue weighted by Crippen LogP contribution is -2.31. The molecule has 0 saturated carbocycles. The van der Waals surface area contributed by atoms with Crippen molar-refractivity contribution in [2.24, 2.45) is 0 Å². The number of sulfonamides is 1. The predicted octanol–water partition coefficient (Wildman–Crippen LogP) is 4.21. The normalized spacial score (nSPS) is 17.1. The van der Waals surface area contributed by atoms with Crippen LogP contribution in [0.5, 0.6) is 0 Å². The van der Waals surface area contributed by atoms with E-state index in [4.69, 9.17) is 0 Å². The molecule has 1 fully saturated rings. The maximum atomic E-state index is 13.3. The number of hydrogen-bond donors (Lipinski definition) is 1. The summed E-state index contributed by atoms with van der Waals surface area (Å²) in [6.45, 7) is 6.06. The fraction of sp³-hybridized carbons (Fsp3) is 0.318. The van der Waals surface area contributed by atoms with Gasteiger partial charge in [0.25, 0.3) is 0 Å². The number of anilines is 2. The van der Waals surface area contributed by atoms with E-state index in [1.165, 1.54) is 16.4 Å². The van der Waals surface area contributed by atoms with Crippen LogP contribution in [0.2, 0.25) is 0 Å². The first-order valence-electron chi connectivity index (χ1n) is 10.1. The maximum absolute atomic E-state index is 13.3. The summed E-state index contributed by atoms with van der Waals surface area (Å²) in [7, 11) is -3.77. The van der Waals surface area contributed by atoms with Crippen LogP contribution < -0.4 is 5.32 Å². The number of hydrogen-bond acceptors (Lipinski definition) is 6. The molecule has 1 aliphatic heterocycles. The van der Waals surface area contributed by atoms with Gasteiger partial charge in [0.2, 0.25) is 16.0 Å². The molecule has 0 bridgehead atoms. The molecule has 1 N–H and O–H groups in total. The highest BCUT2D eigenvalue weighted by atomic mass is 32.2. The number of pyridine rings is 1. The van der Waals surface area contributed by atoms with Crippen molar-refractivity contribution in [2.45, 2.75) is 44.6 Å². The summed E-state index contributed by atoms with van der Waals surface area (Å²) in [6, 6.07) is 10.1. The number of rotatable bonds is 5. The molecule has 0 spiro atoms. The Hall–Kier alpha value is -2.91. The second-order valence-electron chi connectivity index (χ2n) is 7.75. The monoisotopic (exact) mass is 441 g/mol. The lowest BCUT2D eigenvalue weighted by Gasteiger charge is -2.24. The van der Waals surface area contributed by atoms with Crippen LogP contribution in [-0.2, 0) is 10.0 Å². The van der Waals surface area contributed by atoms with Crippen LogP contribution in [-0.4, -0.2) is 34.2 Å². The zero-order valence-electron chi connectivity index (χ0n) is 17.6. The van der Waals surface area contributed by atoms with Crippen LogP contribution in [0.15, 0.2) is 47.4 Å². The molecule has 1 unspecified atom stereocenters. The van der Waals surface area contributed by atoms with Crippen LogP contribution in [0.4, 0.5) is 16.0 Å². The van der Waals surface area contributed by atoms with Crippen molar-refractivity contribution in [1.82, 2.24) is 19.3 Å². The molecule has 0 amide bonds. The zero-order valence-corrected chi connectivity index (χ0v) is 18.4. The zero-order chi connectivity index (χ0) is 22.2. The van der Waals surface area contributed by atoms with Crippen LogP contribution in [0, 0.1) is 26.6 Å². The Balaban J connectivity index is 1.66. The SMILES string of the molecule is Cc1cc(Nc2nc(C)cc(C)n2)cc(C2CCCN2S(=O)(=O)c2ccc(F)cc2)n1. The molecule has 162 valence electrons. The van der Waals surface area contributed by atoms with Gasteiger partial charge in [0.1, 0.15) is 5.82 Å². The lowest BCUT2D eigenvalue weighted by atomic mass is 10.1. The molecular formula is C22H24FN5O2S. The molecule has 1 atom stereocenters. The van der Waals surface area contributed by atoms with E-state index >= 15 is 0 Å². The number of nitrogens with one attached hydrogen (secondary N) is 1. The fourth-order valence-electron chi connectivity index (χ4n) is 3.91. The largest absolute Gasteiger partial charge is 0.324 e. The van der Waals surface area contributed by atoms with E-state index in [0.29, 0.717) is 24.6 Å². The summed E-state index contributed by atoms with van der Waals surface area (Å²) in [6.07, 6.45) is 1.39. The van der Waals surface area contributed by atoms with Crippen molar-refractivity contribution in [1.29, 1.82) is 0 Å². The first kappa shape index (κ1) is 21.3. The van der Waals surface area contributed by atoms with E-state index in [2.05, 4.69) is 20.3 Å². The Morgan fingerprint density at radius 3 is 2.29 bits per heavy atom. The molecule has 3 heterocycles. The van der Waals surface area contributed by atoms with Crippen LogP contribution in [0.3, 0.4) is 0 Å². The third-order valence-electron chi connectivity index (χ3n) is 5.18. The van der Waals surface area contributed by atoms with Crippen molar-refractivity contribution in [2.75, 3.05) is 11.9 Å². The second kappa shape index (κ2) is 8.32. The number of halogens is 1. The van der Waals surface area contributed by atoms with Crippen molar-refractivity contribution in [3.63, 3.8) is 0 Å². The van der Waals surface area contributed by atoms with Gasteiger partial charge in [-0.05, 0) is 76.1 Å². The summed E-state index contributed by atoms with van der Waals surface area (Å²) in [5.41, 5.74) is 3.88. The second-order valence-corrected chi connectivity index (χ2v) is 9.64. The minimum atomic E-state index is -3.77. The Kier molecular flexibility index (Phi) is 5.72. The molecule has 0 aliphatic carbocycles. The minimum absolute atomic E-state index is 0.0791. The van der Waals surface area contributed by atoms with Gasteiger partial charge in [-0.15, -0.1) is 0 Å². The van der Waals surface area contributed by atoms with Gasteiger partial charge in [0.15, 0.2) is 0 Å². The average Bonchev–Trinajstić information content (AvgIpc) is 3.18. The van der Waals surface area contributed by atoms with Crippen molar-refractivity contribution in [3.8, 4) is 0 Å². The third-order valence-corrected chi connectivity index (χ3v) is 7.10. The first-order chi connectivity index (χ1) is 14.7. The first-order valence-corrected chi connectivity index (χ1v) is 11.5. The van der Waals surface area contributed by atoms with E-state index in [0.717, 1.165) is 41.3 Å². The molecule has 7 nitrogen and oxygen atoms in total. The van der Waals surface area contributed by atoms with Crippen molar-refractivity contribution >= 4 is 21.7 Å². The smallest absolute Gasteiger partial charge is 0.243 e. The van der Waals surface area contributed by atoms with Gasteiger partial charge < -0.3 is 5.32 Å². The van der Waals surface area contributed by atoms with Gasteiger partial charge in [-0.2, -0.15) is 4.31 Å². The number of aryl methyl sites for hydroxylation is 3. The highest BCUT2D eigenvalue weighted by Crippen LogP contribution is 2.37. The Bertz CT molecular complexity index is 1190. The minimum Gasteiger partial charge on any atom is -0.324 e. The van der Waals surface area contributed by atoms with Gasteiger partial charge in [-0.1, -0.05) is 0 Å². The van der Waals surface area contributed by atoms with Gasteiger partial charge in [0.05, 0.1) is 16.6 Å². The lowest BCUT2D eigenvalue weighted by molar-refractivity contribution is 0.390. The molecule has 4 rings (SSSR count). The molecule has 31 heavy (non-hydrogen) atoms. The number of nitrogens with zero attached hydrogens (tertiary/aromatic N) is 4. The molecular weight excluding hydrogens is 417 g/mol. The van der Waals surface area contributed by atoms with E-state index in [9.17, 15) is 12.8 Å². The van der Waals surface area contributed by atoms with Crippen LogP contribution in [0.25, 0.3) is 0 Å². The van der Waals surface area contributed by atoms with E-state index in [1.807, 2.05) is 39.0 Å². The van der Waals surface area contributed by atoms with E-state index < -0.39 is 21.9 Å². The van der Waals surface area contributed by atoms with Gasteiger partial charge in [0, 0.05) is 29.3 Å². The summed E-state index contributed by atoms with van der Waals surface area (Å²) < 4.78 is 41.1. The Morgan fingerprint density at radius 2 is 1.61 bits per heavy atom. The molecule has 0 radical (unpaired) electrons. The number of benzene rings is 1. The van der Waals surface area contributed by atoms with Crippen molar-refractivity contribution in [3.05, 3.63) is 71.1 Å². The van der Waals surface area contributed by atoms with Crippen molar-refractivity contribution < 1.29 is 12.8 Å². The topological polar surface area (TPSA) is 88.1 Å².